The zero-order valence-electron chi connectivity index (χ0n) is 10.7. The van der Waals surface area contributed by atoms with Crippen molar-refractivity contribution in [3.63, 3.8) is 0 Å². The van der Waals surface area contributed by atoms with Crippen LogP contribution in [0.3, 0.4) is 0 Å². The van der Waals surface area contributed by atoms with E-state index in [1.165, 1.54) is 20.9 Å². The maximum atomic E-state index is 3.41. The van der Waals surface area contributed by atoms with E-state index < -0.39 is 0 Å². The van der Waals surface area contributed by atoms with Crippen LogP contribution in [0.1, 0.15) is 26.9 Å². The van der Waals surface area contributed by atoms with E-state index in [1.54, 1.807) is 0 Å². The Kier molecular flexibility index (Phi) is 3.97. The van der Waals surface area contributed by atoms with E-state index in [-0.39, 0.29) is 0 Å². The van der Waals surface area contributed by atoms with Crippen LogP contribution in [0.4, 0.5) is 0 Å². The molecule has 0 aliphatic rings. The molecular formula is C15H19NS. The number of hydrogen-bond donors (Lipinski definition) is 1. The molecule has 90 valence electrons. The molecule has 0 radical (unpaired) electrons. The Morgan fingerprint density at radius 1 is 1.06 bits per heavy atom. The highest BCUT2D eigenvalue weighted by molar-refractivity contribution is 7.12. The first-order chi connectivity index (χ1) is 8.19. The average molecular weight is 245 g/mol. The van der Waals surface area contributed by atoms with Crippen molar-refractivity contribution < 1.29 is 0 Å². The zero-order valence-corrected chi connectivity index (χ0v) is 11.5. The van der Waals surface area contributed by atoms with Gasteiger partial charge in [0.15, 0.2) is 0 Å². The van der Waals surface area contributed by atoms with Gasteiger partial charge in [0.25, 0.3) is 0 Å². The lowest BCUT2D eigenvalue weighted by atomic mass is 10.0. The number of likely N-dealkylation sites (N-methyl/N-ethyl adjacent to an activating group) is 1. The van der Waals surface area contributed by atoms with Crippen molar-refractivity contribution in [2.45, 2.75) is 26.3 Å². The standard InChI is InChI=1S/C15H19NS/c1-11-4-7-13(8-5-11)10-14(16-3)15-9-6-12(2)17-15/h4-9,14,16H,10H2,1-3H3. The Hall–Kier alpha value is -1.12. The van der Waals surface area contributed by atoms with Crippen molar-refractivity contribution in [2.75, 3.05) is 7.05 Å². The van der Waals surface area contributed by atoms with Gasteiger partial charge in [-0.2, -0.15) is 0 Å². The fourth-order valence-corrected chi connectivity index (χ4v) is 2.93. The van der Waals surface area contributed by atoms with Crippen LogP contribution >= 0.6 is 11.3 Å². The number of thiophene rings is 1. The Morgan fingerprint density at radius 2 is 1.76 bits per heavy atom. The quantitative estimate of drug-likeness (QED) is 0.862. The lowest BCUT2D eigenvalue weighted by molar-refractivity contribution is 0.602. The van der Waals surface area contributed by atoms with Crippen molar-refractivity contribution >= 4 is 11.3 Å². The summed E-state index contributed by atoms with van der Waals surface area (Å²) in [7, 11) is 2.04. The van der Waals surface area contributed by atoms with Crippen molar-refractivity contribution in [1.29, 1.82) is 0 Å². The zero-order chi connectivity index (χ0) is 12.3. The predicted molar refractivity (Wildman–Crippen MR) is 75.7 cm³/mol. The first-order valence-electron chi connectivity index (χ1n) is 5.98. The van der Waals surface area contributed by atoms with Crippen LogP contribution < -0.4 is 5.32 Å². The largest absolute Gasteiger partial charge is 0.312 e. The second-order valence-corrected chi connectivity index (χ2v) is 5.80. The fourth-order valence-electron chi connectivity index (χ4n) is 1.95. The topological polar surface area (TPSA) is 12.0 Å². The summed E-state index contributed by atoms with van der Waals surface area (Å²) in [5.41, 5.74) is 2.71. The summed E-state index contributed by atoms with van der Waals surface area (Å²) >= 11 is 1.88. The van der Waals surface area contributed by atoms with Gasteiger partial charge in [0.2, 0.25) is 0 Å². The first-order valence-corrected chi connectivity index (χ1v) is 6.80. The summed E-state index contributed by atoms with van der Waals surface area (Å²) in [5.74, 6) is 0. The van der Waals surface area contributed by atoms with Crippen LogP contribution in [0, 0.1) is 13.8 Å². The molecule has 1 atom stereocenters. The van der Waals surface area contributed by atoms with Crippen molar-refractivity contribution in [1.82, 2.24) is 5.32 Å². The number of nitrogens with one attached hydrogen (secondary N) is 1. The first kappa shape index (κ1) is 12.3. The lowest BCUT2D eigenvalue weighted by Gasteiger charge is -2.14. The Labute approximate surface area is 108 Å². The van der Waals surface area contributed by atoms with Gasteiger partial charge in [-0.1, -0.05) is 29.8 Å². The minimum absolute atomic E-state index is 0.427. The van der Waals surface area contributed by atoms with Gasteiger partial charge < -0.3 is 5.32 Å². The Morgan fingerprint density at radius 3 is 2.29 bits per heavy atom. The van der Waals surface area contributed by atoms with Gasteiger partial charge in [-0.05, 0) is 45.0 Å². The SMILES string of the molecule is CNC(Cc1ccc(C)cc1)c1ccc(C)s1. The second kappa shape index (κ2) is 5.48. The van der Waals surface area contributed by atoms with Gasteiger partial charge in [0, 0.05) is 15.8 Å². The van der Waals surface area contributed by atoms with Gasteiger partial charge in [0.1, 0.15) is 0 Å². The van der Waals surface area contributed by atoms with Crippen LogP contribution in [0.15, 0.2) is 36.4 Å². The summed E-state index contributed by atoms with van der Waals surface area (Å²) in [6.07, 6.45) is 1.05. The van der Waals surface area contributed by atoms with E-state index in [0.29, 0.717) is 6.04 Å². The summed E-state index contributed by atoms with van der Waals surface area (Å²) < 4.78 is 0. The molecule has 2 aromatic rings. The molecule has 0 amide bonds. The molecule has 1 aromatic heterocycles. The third kappa shape index (κ3) is 3.18. The maximum absolute atomic E-state index is 3.41. The number of benzene rings is 1. The molecule has 1 heterocycles. The van der Waals surface area contributed by atoms with Crippen LogP contribution in [-0.4, -0.2) is 7.05 Å². The van der Waals surface area contributed by atoms with Gasteiger partial charge in [-0.3, -0.25) is 0 Å². The monoisotopic (exact) mass is 245 g/mol. The number of aryl methyl sites for hydroxylation is 2. The van der Waals surface area contributed by atoms with Crippen LogP contribution in [-0.2, 0) is 6.42 Å². The van der Waals surface area contributed by atoms with Gasteiger partial charge in [-0.15, -0.1) is 11.3 Å². The summed E-state index contributed by atoms with van der Waals surface area (Å²) in [6, 6.07) is 13.7. The predicted octanol–water partition coefficient (Wildman–Crippen LogP) is 3.87. The molecule has 1 N–H and O–H groups in total. The molecule has 0 saturated heterocycles. The van der Waals surface area contributed by atoms with Gasteiger partial charge in [-0.25, -0.2) is 0 Å². The van der Waals surface area contributed by atoms with E-state index in [2.05, 4.69) is 55.6 Å². The highest BCUT2D eigenvalue weighted by Gasteiger charge is 2.11. The molecular weight excluding hydrogens is 226 g/mol. The smallest absolute Gasteiger partial charge is 0.0453 e. The molecule has 17 heavy (non-hydrogen) atoms. The van der Waals surface area contributed by atoms with Crippen molar-refractivity contribution in [2.24, 2.45) is 0 Å². The van der Waals surface area contributed by atoms with Crippen LogP contribution in [0.2, 0.25) is 0 Å². The molecule has 0 saturated carbocycles. The molecule has 1 unspecified atom stereocenters. The molecule has 1 aromatic carbocycles. The fraction of sp³-hybridized carbons (Fsp3) is 0.333. The third-order valence-corrected chi connectivity index (χ3v) is 4.13. The van der Waals surface area contributed by atoms with Gasteiger partial charge in [0.05, 0.1) is 0 Å². The lowest BCUT2D eigenvalue weighted by Crippen LogP contribution is -2.17. The summed E-state index contributed by atoms with van der Waals surface area (Å²) in [4.78, 5) is 2.80. The molecule has 2 heteroatoms. The van der Waals surface area contributed by atoms with E-state index >= 15 is 0 Å². The third-order valence-electron chi connectivity index (χ3n) is 3.01. The molecule has 0 bridgehead atoms. The highest BCUT2D eigenvalue weighted by Crippen LogP contribution is 2.25. The Bertz CT molecular complexity index is 470. The van der Waals surface area contributed by atoms with E-state index in [4.69, 9.17) is 0 Å². The summed E-state index contributed by atoms with van der Waals surface area (Å²) in [6.45, 7) is 4.29. The van der Waals surface area contributed by atoms with E-state index in [9.17, 15) is 0 Å². The van der Waals surface area contributed by atoms with E-state index in [1.807, 2.05) is 18.4 Å². The Balaban J connectivity index is 2.12. The number of rotatable bonds is 4. The normalized spacial score (nSPS) is 12.6. The highest BCUT2D eigenvalue weighted by atomic mass is 32.1. The van der Waals surface area contributed by atoms with Crippen LogP contribution in [0.25, 0.3) is 0 Å². The average Bonchev–Trinajstić information content (AvgIpc) is 2.75. The molecule has 0 aliphatic carbocycles. The summed E-state index contributed by atoms with van der Waals surface area (Å²) in [5, 5.41) is 3.41. The molecule has 0 fully saturated rings. The molecule has 1 nitrogen and oxygen atoms in total. The molecule has 2 rings (SSSR count). The van der Waals surface area contributed by atoms with Crippen LogP contribution in [0.5, 0.6) is 0 Å². The minimum atomic E-state index is 0.427. The van der Waals surface area contributed by atoms with E-state index in [0.717, 1.165) is 6.42 Å². The number of hydrogen-bond acceptors (Lipinski definition) is 2. The molecule has 0 spiro atoms. The molecule has 0 aliphatic heterocycles. The van der Waals surface area contributed by atoms with Gasteiger partial charge >= 0.3 is 0 Å². The second-order valence-electron chi connectivity index (χ2n) is 4.48. The van der Waals surface area contributed by atoms with Crippen molar-refractivity contribution in [3.8, 4) is 0 Å². The minimum Gasteiger partial charge on any atom is -0.312 e. The van der Waals surface area contributed by atoms with Crippen molar-refractivity contribution in [3.05, 3.63) is 57.3 Å². The maximum Gasteiger partial charge on any atom is 0.0453 e.